The molecule has 0 aliphatic carbocycles. The van der Waals surface area contributed by atoms with E-state index in [0.29, 0.717) is 0 Å². The van der Waals surface area contributed by atoms with Crippen molar-refractivity contribution in [3.05, 3.63) is 68.9 Å². The minimum absolute atomic E-state index is 0.171. The molecule has 0 saturated carbocycles. The van der Waals surface area contributed by atoms with Crippen LogP contribution in [0.4, 0.5) is 4.39 Å². The van der Waals surface area contributed by atoms with Gasteiger partial charge in [-0.2, -0.15) is 0 Å². The van der Waals surface area contributed by atoms with Crippen molar-refractivity contribution in [2.45, 2.75) is 6.92 Å². The number of benzene rings is 2. The summed E-state index contributed by atoms with van der Waals surface area (Å²) in [6.45, 7) is 1.93. The van der Waals surface area contributed by atoms with Crippen molar-refractivity contribution < 1.29 is 4.39 Å². The molecule has 0 aliphatic heterocycles. The first kappa shape index (κ1) is 13.4. The van der Waals surface area contributed by atoms with Gasteiger partial charge in [0.2, 0.25) is 0 Å². The Kier molecular flexibility index (Phi) is 5.71. The van der Waals surface area contributed by atoms with Crippen LogP contribution in [0.3, 0.4) is 0 Å². The standard InChI is InChI=1S/C7H7F.C6H4Br2/c1-6-2-4-7(8)5-3-6;7-5-2-1-3-6(8)4-5/h2-5H,1H3;1-4H. The summed E-state index contributed by atoms with van der Waals surface area (Å²) in [6, 6.07) is 14.4. The highest BCUT2D eigenvalue weighted by Crippen LogP contribution is 2.15. The number of hydrogen-bond donors (Lipinski definition) is 0. The third-order valence-electron chi connectivity index (χ3n) is 1.80. The lowest BCUT2D eigenvalue weighted by atomic mass is 10.2. The summed E-state index contributed by atoms with van der Waals surface area (Å²) in [4.78, 5) is 0. The van der Waals surface area contributed by atoms with E-state index in [0.717, 1.165) is 14.5 Å². The molecule has 0 aliphatic rings. The van der Waals surface area contributed by atoms with Gasteiger partial charge in [-0.3, -0.25) is 0 Å². The van der Waals surface area contributed by atoms with Gasteiger partial charge < -0.3 is 0 Å². The molecule has 0 bridgehead atoms. The molecule has 0 nitrogen and oxygen atoms in total. The van der Waals surface area contributed by atoms with E-state index in [9.17, 15) is 4.39 Å². The van der Waals surface area contributed by atoms with Crippen LogP contribution in [0.1, 0.15) is 5.56 Å². The van der Waals surface area contributed by atoms with Crippen LogP contribution in [0.15, 0.2) is 57.5 Å². The molecule has 0 radical (unpaired) electrons. The molecule has 0 saturated heterocycles. The number of rotatable bonds is 0. The third kappa shape index (κ3) is 5.42. The first-order valence-electron chi connectivity index (χ1n) is 4.71. The Hall–Kier alpha value is -0.670. The molecule has 16 heavy (non-hydrogen) atoms. The first-order chi connectivity index (χ1) is 7.58. The summed E-state index contributed by atoms with van der Waals surface area (Å²) < 4.78 is 14.3. The second kappa shape index (κ2) is 6.81. The van der Waals surface area contributed by atoms with E-state index in [-0.39, 0.29) is 5.82 Å². The Balaban J connectivity index is 0.000000160. The van der Waals surface area contributed by atoms with Gasteiger partial charge in [0.1, 0.15) is 5.82 Å². The van der Waals surface area contributed by atoms with Crippen LogP contribution in [0.25, 0.3) is 0 Å². The molecule has 84 valence electrons. The Labute approximate surface area is 112 Å². The van der Waals surface area contributed by atoms with Crippen LogP contribution >= 0.6 is 31.9 Å². The molecule has 0 N–H and O–H groups in total. The van der Waals surface area contributed by atoms with Crippen LogP contribution in [0.2, 0.25) is 0 Å². The quantitative estimate of drug-likeness (QED) is 0.604. The summed E-state index contributed by atoms with van der Waals surface area (Å²) >= 11 is 6.66. The average molecular weight is 346 g/mol. The van der Waals surface area contributed by atoms with Gasteiger partial charge in [-0.05, 0) is 37.3 Å². The highest BCUT2D eigenvalue weighted by molar-refractivity contribution is 9.11. The van der Waals surface area contributed by atoms with E-state index >= 15 is 0 Å². The summed E-state index contributed by atoms with van der Waals surface area (Å²) in [7, 11) is 0. The van der Waals surface area contributed by atoms with E-state index in [1.165, 1.54) is 12.1 Å². The van der Waals surface area contributed by atoms with E-state index in [4.69, 9.17) is 0 Å². The zero-order valence-corrected chi connectivity index (χ0v) is 11.9. The summed E-state index contributed by atoms with van der Waals surface area (Å²) in [6.07, 6.45) is 0. The summed E-state index contributed by atoms with van der Waals surface area (Å²) in [5, 5.41) is 0. The fourth-order valence-corrected chi connectivity index (χ4v) is 2.10. The van der Waals surface area contributed by atoms with E-state index < -0.39 is 0 Å². The normalized spacial score (nSPS) is 9.25. The number of hydrogen-bond acceptors (Lipinski definition) is 0. The van der Waals surface area contributed by atoms with Crippen molar-refractivity contribution in [3.63, 3.8) is 0 Å². The lowest BCUT2D eigenvalue weighted by Crippen LogP contribution is -1.71. The Morgan fingerprint density at radius 2 is 1.38 bits per heavy atom. The van der Waals surface area contributed by atoms with E-state index in [2.05, 4.69) is 31.9 Å². The van der Waals surface area contributed by atoms with Crippen molar-refractivity contribution in [1.29, 1.82) is 0 Å². The fraction of sp³-hybridized carbons (Fsp3) is 0.0769. The molecule has 2 rings (SSSR count). The van der Waals surface area contributed by atoms with Crippen molar-refractivity contribution in [1.82, 2.24) is 0 Å². The number of aryl methyl sites for hydroxylation is 1. The van der Waals surface area contributed by atoms with Gasteiger partial charge in [-0.25, -0.2) is 4.39 Å². The van der Waals surface area contributed by atoms with Crippen molar-refractivity contribution in [2.24, 2.45) is 0 Å². The Morgan fingerprint density at radius 1 is 0.875 bits per heavy atom. The van der Waals surface area contributed by atoms with Crippen molar-refractivity contribution in [3.8, 4) is 0 Å². The predicted octanol–water partition coefficient (Wildman–Crippen LogP) is 5.35. The zero-order valence-electron chi connectivity index (χ0n) is 8.75. The zero-order chi connectivity index (χ0) is 12.0. The predicted molar refractivity (Wildman–Crippen MR) is 73.0 cm³/mol. The number of halogens is 3. The van der Waals surface area contributed by atoms with E-state index in [1.54, 1.807) is 12.1 Å². The van der Waals surface area contributed by atoms with Gasteiger partial charge in [0, 0.05) is 8.95 Å². The topological polar surface area (TPSA) is 0 Å². The maximum Gasteiger partial charge on any atom is 0.123 e. The molecular weight excluding hydrogens is 335 g/mol. The highest BCUT2D eigenvalue weighted by atomic mass is 79.9. The molecule has 0 fully saturated rings. The molecule has 3 heteroatoms. The van der Waals surface area contributed by atoms with Crippen LogP contribution in [0.5, 0.6) is 0 Å². The maximum atomic E-state index is 12.1. The second-order valence-corrected chi connectivity index (χ2v) is 5.07. The smallest absolute Gasteiger partial charge is 0.123 e. The van der Waals surface area contributed by atoms with Gasteiger partial charge in [-0.1, -0.05) is 55.6 Å². The average Bonchev–Trinajstić information content (AvgIpc) is 2.23. The maximum absolute atomic E-state index is 12.1. The van der Waals surface area contributed by atoms with Crippen LogP contribution in [-0.4, -0.2) is 0 Å². The molecule has 0 spiro atoms. The fourth-order valence-electron chi connectivity index (χ4n) is 0.993. The lowest BCUT2D eigenvalue weighted by Gasteiger charge is -1.87. The Morgan fingerprint density at radius 3 is 1.69 bits per heavy atom. The molecule has 2 aromatic carbocycles. The molecule has 0 aromatic heterocycles. The van der Waals surface area contributed by atoms with Gasteiger partial charge in [-0.15, -0.1) is 0 Å². The largest absolute Gasteiger partial charge is 0.207 e. The van der Waals surface area contributed by atoms with Gasteiger partial charge in [0.05, 0.1) is 0 Å². The third-order valence-corrected chi connectivity index (χ3v) is 2.78. The molecule has 0 amide bonds. The minimum atomic E-state index is -0.171. The van der Waals surface area contributed by atoms with Gasteiger partial charge in [0.15, 0.2) is 0 Å². The Bertz CT molecular complexity index is 400. The van der Waals surface area contributed by atoms with Crippen LogP contribution in [-0.2, 0) is 0 Å². The summed E-state index contributed by atoms with van der Waals surface area (Å²) in [5.74, 6) is -0.171. The lowest BCUT2D eigenvalue weighted by molar-refractivity contribution is 0.627. The van der Waals surface area contributed by atoms with Gasteiger partial charge >= 0.3 is 0 Å². The van der Waals surface area contributed by atoms with Gasteiger partial charge in [0.25, 0.3) is 0 Å². The molecule has 0 atom stereocenters. The van der Waals surface area contributed by atoms with Crippen molar-refractivity contribution >= 4 is 31.9 Å². The minimum Gasteiger partial charge on any atom is -0.207 e. The van der Waals surface area contributed by atoms with Crippen LogP contribution in [0, 0.1) is 12.7 Å². The molecule has 2 aromatic rings. The van der Waals surface area contributed by atoms with E-state index in [1.807, 2.05) is 31.2 Å². The highest BCUT2D eigenvalue weighted by Gasteiger charge is 1.84. The van der Waals surface area contributed by atoms with Crippen LogP contribution < -0.4 is 0 Å². The molecular formula is C13H11Br2F. The molecule has 0 unspecified atom stereocenters. The summed E-state index contributed by atoms with van der Waals surface area (Å²) in [5.41, 5.74) is 1.09. The second-order valence-electron chi connectivity index (χ2n) is 3.24. The monoisotopic (exact) mass is 344 g/mol. The first-order valence-corrected chi connectivity index (χ1v) is 6.30. The molecule has 0 heterocycles. The SMILES string of the molecule is Brc1cccc(Br)c1.Cc1ccc(F)cc1. The van der Waals surface area contributed by atoms with Crippen molar-refractivity contribution in [2.75, 3.05) is 0 Å².